The lowest BCUT2D eigenvalue weighted by Gasteiger charge is -2.15. The van der Waals surface area contributed by atoms with Crippen molar-refractivity contribution in [2.45, 2.75) is 25.8 Å². The molecular formula is C10H20N4O. The highest BCUT2D eigenvalue weighted by Gasteiger charge is 2.10. The molecule has 0 aliphatic rings. The number of methoxy groups -OCH3 is 1. The van der Waals surface area contributed by atoms with E-state index in [1.54, 1.807) is 11.8 Å². The van der Waals surface area contributed by atoms with Gasteiger partial charge in [0.05, 0.1) is 12.3 Å². The Labute approximate surface area is 90.8 Å². The minimum absolute atomic E-state index is 0.326. The third-order valence-corrected chi connectivity index (χ3v) is 2.16. The van der Waals surface area contributed by atoms with Crippen LogP contribution in [0.1, 0.15) is 19.0 Å². The van der Waals surface area contributed by atoms with Crippen LogP contribution in [-0.4, -0.2) is 41.3 Å². The van der Waals surface area contributed by atoms with Crippen LogP contribution in [0, 0.1) is 0 Å². The van der Waals surface area contributed by atoms with Gasteiger partial charge in [0.2, 0.25) is 0 Å². The van der Waals surface area contributed by atoms with Crippen molar-refractivity contribution in [2.24, 2.45) is 7.05 Å². The summed E-state index contributed by atoms with van der Waals surface area (Å²) in [6, 6.07) is 0.326. The molecule has 1 aromatic rings. The first-order valence-electron chi connectivity index (χ1n) is 5.33. The van der Waals surface area contributed by atoms with Gasteiger partial charge >= 0.3 is 0 Å². The molecule has 0 aromatic carbocycles. The van der Waals surface area contributed by atoms with Crippen LogP contribution in [0.25, 0.3) is 0 Å². The summed E-state index contributed by atoms with van der Waals surface area (Å²) in [5, 5.41) is 11.4. The monoisotopic (exact) mass is 212 g/mol. The van der Waals surface area contributed by atoms with Crippen molar-refractivity contribution >= 4 is 0 Å². The van der Waals surface area contributed by atoms with Gasteiger partial charge in [-0.3, -0.25) is 4.68 Å². The van der Waals surface area contributed by atoms with E-state index in [0.29, 0.717) is 12.6 Å². The highest BCUT2D eigenvalue weighted by Crippen LogP contribution is 1.99. The van der Waals surface area contributed by atoms with Crippen molar-refractivity contribution in [2.75, 3.05) is 20.3 Å². The van der Waals surface area contributed by atoms with E-state index in [4.69, 9.17) is 4.74 Å². The number of nitrogens with zero attached hydrogens (tertiary/aromatic N) is 3. The minimum Gasteiger partial charge on any atom is -0.383 e. The standard InChI is InChI=1S/C10H20N4O/c1-4-5-11-10(8-15-3)6-9-7-14(2)13-12-9/h7,10-11H,4-6,8H2,1-3H3. The zero-order valence-corrected chi connectivity index (χ0v) is 9.73. The second kappa shape index (κ2) is 6.53. The van der Waals surface area contributed by atoms with Crippen LogP contribution in [0.4, 0.5) is 0 Å². The summed E-state index contributed by atoms with van der Waals surface area (Å²) in [6.07, 6.45) is 3.93. The van der Waals surface area contributed by atoms with Gasteiger partial charge in [-0.05, 0) is 13.0 Å². The zero-order valence-electron chi connectivity index (χ0n) is 9.73. The topological polar surface area (TPSA) is 52.0 Å². The normalized spacial score (nSPS) is 13.0. The quantitative estimate of drug-likeness (QED) is 0.709. The first-order valence-corrected chi connectivity index (χ1v) is 5.33. The molecule has 1 aromatic heterocycles. The molecule has 0 aliphatic carbocycles. The summed E-state index contributed by atoms with van der Waals surface area (Å²) in [5.74, 6) is 0. The van der Waals surface area contributed by atoms with Gasteiger partial charge in [0, 0.05) is 32.8 Å². The van der Waals surface area contributed by atoms with Crippen LogP contribution in [0.3, 0.4) is 0 Å². The molecule has 0 saturated heterocycles. The SMILES string of the molecule is CCCNC(COC)Cc1cn(C)nn1. The van der Waals surface area contributed by atoms with Gasteiger partial charge in [0.1, 0.15) is 0 Å². The molecular weight excluding hydrogens is 192 g/mol. The zero-order chi connectivity index (χ0) is 11.1. The molecule has 1 rings (SSSR count). The molecule has 1 atom stereocenters. The molecule has 5 heteroatoms. The van der Waals surface area contributed by atoms with Gasteiger partial charge in [-0.15, -0.1) is 5.10 Å². The summed E-state index contributed by atoms with van der Waals surface area (Å²) in [5.41, 5.74) is 1.00. The first kappa shape index (κ1) is 12.1. The van der Waals surface area contributed by atoms with Crippen LogP contribution in [0.15, 0.2) is 6.20 Å². The Morgan fingerprint density at radius 1 is 1.60 bits per heavy atom. The van der Waals surface area contributed by atoms with E-state index in [-0.39, 0.29) is 0 Å². The van der Waals surface area contributed by atoms with Crippen molar-refractivity contribution in [3.8, 4) is 0 Å². The van der Waals surface area contributed by atoms with E-state index in [2.05, 4.69) is 22.6 Å². The number of aryl methyl sites for hydroxylation is 1. The molecule has 0 fully saturated rings. The third kappa shape index (κ3) is 4.40. The van der Waals surface area contributed by atoms with E-state index in [1.165, 1.54) is 0 Å². The van der Waals surface area contributed by atoms with Crippen LogP contribution < -0.4 is 5.32 Å². The fourth-order valence-electron chi connectivity index (χ4n) is 1.48. The molecule has 15 heavy (non-hydrogen) atoms. The highest BCUT2D eigenvalue weighted by molar-refractivity contribution is 4.95. The molecule has 5 nitrogen and oxygen atoms in total. The molecule has 0 bridgehead atoms. The maximum absolute atomic E-state index is 5.16. The lowest BCUT2D eigenvalue weighted by atomic mass is 10.2. The molecule has 1 heterocycles. The average Bonchev–Trinajstić information content (AvgIpc) is 2.61. The number of aromatic nitrogens is 3. The highest BCUT2D eigenvalue weighted by atomic mass is 16.5. The van der Waals surface area contributed by atoms with Gasteiger partial charge in [0.25, 0.3) is 0 Å². The number of nitrogens with one attached hydrogen (secondary N) is 1. The third-order valence-electron chi connectivity index (χ3n) is 2.16. The molecule has 0 saturated carbocycles. The van der Waals surface area contributed by atoms with Gasteiger partial charge in [-0.2, -0.15) is 0 Å². The minimum atomic E-state index is 0.326. The van der Waals surface area contributed by atoms with Crippen molar-refractivity contribution in [1.29, 1.82) is 0 Å². The first-order chi connectivity index (χ1) is 7.26. The lowest BCUT2D eigenvalue weighted by molar-refractivity contribution is 0.165. The van der Waals surface area contributed by atoms with Crippen LogP contribution in [-0.2, 0) is 18.2 Å². The fourth-order valence-corrected chi connectivity index (χ4v) is 1.48. The van der Waals surface area contributed by atoms with E-state index < -0.39 is 0 Å². The molecule has 1 N–H and O–H groups in total. The van der Waals surface area contributed by atoms with Crippen molar-refractivity contribution in [3.05, 3.63) is 11.9 Å². The van der Waals surface area contributed by atoms with Gasteiger partial charge in [-0.1, -0.05) is 12.1 Å². The van der Waals surface area contributed by atoms with Crippen molar-refractivity contribution in [1.82, 2.24) is 20.3 Å². The van der Waals surface area contributed by atoms with Gasteiger partial charge in [-0.25, -0.2) is 0 Å². The van der Waals surface area contributed by atoms with Crippen LogP contribution >= 0.6 is 0 Å². The summed E-state index contributed by atoms with van der Waals surface area (Å²) < 4.78 is 6.88. The Morgan fingerprint density at radius 2 is 2.40 bits per heavy atom. The number of rotatable bonds is 7. The predicted octanol–water partition coefficient (Wildman–Crippen LogP) is 0.372. The Hall–Kier alpha value is -0.940. The van der Waals surface area contributed by atoms with Gasteiger partial charge in [0.15, 0.2) is 0 Å². The largest absolute Gasteiger partial charge is 0.383 e. The molecule has 86 valence electrons. The molecule has 0 aliphatic heterocycles. The average molecular weight is 212 g/mol. The lowest BCUT2D eigenvalue weighted by Crippen LogP contribution is -2.35. The van der Waals surface area contributed by atoms with E-state index in [0.717, 1.165) is 25.1 Å². The van der Waals surface area contributed by atoms with Crippen LogP contribution in [0.5, 0.6) is 0 Å². The van der Waals surface area contributed by atoms with Crippen LogP contribution in [0.2, 0.25) is 0 Å². The molecule has 0 radical (unpaired) electrons. The second-order valence-electron chi connectivity index (χ2n) is 3.69. The molecule has 1 unspecified atom stereocenters. The summed E-state index contributed by atoms with van der Waals surface area (Å²) >= 11 is 0. The Kier molecular flexibility index (Phi) is 5.28. The Morgan fingerprint density at radius 3 is 2.93 bits per heavy atom. The molecule has 0 spiro atoms. The van der Waals surface area contributed by atoms with Gasteiger partial charge < -0.3 is 10.1 Å². The van der Waals surface area contributed by atoms with Crippen molar-refractivity contribution < 1.29 is 4.74 Å². The van der Waals surface area contributed by atoms with E-state index >= 15 is 0 Å². The predicted molar refractivity (Wildman–Crippen MR) is 58.7 cm³/mol. The second-order valence-corrected chi connectivity index (χ2v) is 3.69. The molecule has 0 amide bonds. The summed E-state index contributed by atoms with van der Waals surface area (Å²) in [7, 11) is 3.60. The smallest absolute Gasteiger partial charge is 0.0843 e. The summed E-state index contributed by atoms with van der Waals surface area (Å²) in [6.45, 7) is 3.87. The number of hydrogen-bond acceptors (Lipinski definition) is 4. The number of hydrogen-bond donors (Lipinski definition) is 1. The maximum atomic E-state index is 5.16. The van der Waals surface area contributed by atoms with Crippen molar-refractivity contribution in [3.63, 3.8) is 0 Å². The summed E-state index contributed by atoms with van der Waals surface area (Å²) in [4.78, 5) is 0. The Balaban J connectivity index is 2.42. The number of ether oxygens (including phenoxy) is 1. The maximum Gasteiger partial charge on any atom is 0.0843 e. The van der Waals surface area contributed by atoms with E-state index in [1.807, 2.05) is 13.2 Å². The van der Waals surface area contributed by atoms with E-state index in [9.17, 15) is 0 Å². The fraction of sp³-hybridized carbons (Fsp3) is 0.800. The Bertz CT molecular complexity index is 274.